The quantitative estimate of drug-likeness (QED) is 0.555. The van der Waals surface area contributed by atoms with Crippen LogP contribution in [0.1, 0.15) is 59.3 Å². The summed E-state index contributed by atoms with van der Waals surface area (Å²) < 4.78 is 0. The minimum absolute atomic E-state index is 0.881. The van der Waals surface area contributed by atoms with Crippen LogP contribution >= 0.6 is 0 Å². The van der Waals surface area contributed by atoms with Gasteiger partial charge in [-0.25, -0.2) is 0 Å². The van der Waals surface area contributed by atoms with Gasteiger partial charge in [0.05, 0.1) is 0 Å². The van der Waals surface area contributed by atoms with E-state index in [0.717, 1.165) is 23.7 Å². The van der Waals surface area contributed by atoms with Crippen LogP contribution in [0.5, 0.6) is 0 Å². The summed E-state index contributed by atoms with van der Waals surface area (Å²) in [6.07, 6.45) is 10.5. The van der Waals surface area contributed by atoms with Crippen LogP contribution < -0.4 is 0 Å². The van der Waals surface area contributed by atoms with E-state index in [1.807, 2.05) is 0 Å². The third kappa shape index (κ3) is 4.40. The van der Waals surface area contributed by atoms with Crippen LogP contribution in [0.4, 0.5) is 0 Å². The summed E-state index contributed by atoms with van der Waals surface area (Å²) >= 11 is 0. The lowest BCUT2D eigenvalue weighted by atomic mass is 9.71. The van der Waals surface area contributed by atoms with Gasteiger partial charge in [-0.1, -0.05) is 33.3 Å². The Morgan fingerprint density at radius 3 is 2.60 bits per heavy atom. The second-order valence-corrected chi connectivity index (χ2v) is 5.91. The van der Waals surface area contributed by atoms with Crippen LogP contribution in [0.25, 0.3) is 0 Å². The van der Waals surface area contributed by atoms with E-state index in [1.165, 1.54) is 38.5 Å². The molecule has 3 atom stereocenters. The Kier molecular flexibility index (Phi) is 5.42. The van der Waals surface area contributed by atoms with Crippen molar-refractivity contribution in [3.05, 3.63) is 12.7 Å². The Bertz CT molecular complexity index is 180. The molecule has 3 unspecified atom stereocenters. The minimum Gasteiger partial charge on any atom is -0.103 e. The molecule has 0 aromatic rings. The van der Waals surface area contributed by atoms with Crippen LogP contribution in [-0.4, -0.2) is 0 Å². The lowest BCUT2D eigenvalue weighted by Crippen LogP contribution is -2.23. The number of hydrogen-bond acceptors (Lipinski definition) is 0. The third-order valence-corrected chi connectivity index (χ3v) is 4.00. The topological polar surface area (TPSA) is 0 Å². The van der Waals surface area contributed by atoms with Crippen molar-refractivity contribution in [3.63, 3.8) is 0 Å². The predicted octanol–water partition coefficient (Wildman–Crippen LogP) is 5.05. The molecule has 0 spiro atoms. The molecule has 0 bridgehead atoms. The predicted molar refractivity (Wildman–Crippen MR) is 68.9 cm³/mol. The fourth-order valence-corrected chi connectivity index (χ4v) is 3.21. The van der Waals surface area contributed by atoms with Crippen LogP contribution in [-0.2, 0) is 0 Å². The highest BCUT2D eigenvalue weighted by atomic mass is 14.3. The van der Waals surface area contributed by atoms with E-state index in [9.17, 15) is 0 Å². The first-order valence-corrected chi connectivity index (χ1v) is 6.74. The van der Waals surface area contributed by atoms with E-state index in [4.69, 9.17) is 0 Å². The van der Waals surface area contributed by atoms with Gasteiger partial charge in [0.1, 0.15) is 0 Å². The largest absolute Gasteiger partial charge is 0.103 e. The van der Waals surface area contributed by atoms with E-state index in [-0.39, 0.29) is 0 Å². The van der Waals surface area contributed by atoms with Crippen molar-refractivity contribution in [3.8, 4) is 0 Å². The van der Waals surface area contributed by atoms with Crippen molar-refractivity contribution in [2.75, 3.05) is 0 Å². The van der Waals surface area contributed by atoms with Gasteiger partial charge < -0.3 is 0 Å². The van der Waals surface area contributed by atoms with Gasteiger partial charge in [0.15, 0.2) is 0 Å². The van der Waals surface area contributed by atoms with Crippen LogP contribution in [0.15, 0.2) is 12.7 Å². The van der Waals surface area contributed by atoms with Crippen LogP contribution in [0, 0.1) is 23.7 Å². The highest BCUT2D eigenvalue weighted by Crippen LogP contribution is 2.38. The smallest absolute Gasteiger partial charge is 0.0351 e. The highest BCUT2D eigenvalue weighted by Gasteiger charge is 2.26. The van der Waals surface area contributed by atoms with E-state index < -0.39 is 0 Å². The fourth-order valence-electron chi connectivity index (χ4n) is 3.21. The molecule has 0 aromatic carbocycles. The molecule has 0 heterocycles. The number of allylic oxidation sites excluding steroid dienone is 1. The third-order valence-electron chi connectivity index (χ3n) is 4.00. The molecule has 0 aliphatic heterocycles. The summed E-state index contributed by atoms with van der Waals surface area (Å²) in [5, 5.41) is 0. The van der Waals surface area contributed by atoms with Gasteiger partial charge in [0, 0.05) is 0 Å². The Morgan fingerprint density at radius 1 is 1.33 bits per heavy atom. The summed E-state index contributed by atoms with van der Waals surface area (Å²) in [6.45, 7) is 11.0. The van der Waals surface area contributed by atoms with Gasteiger partial charge in [0.2, 0.25) is 0 Å². The van der Waals surface area contributed by atoms with Crippen molar-refractivity contribution in [2.24, 2.45) is 23.7 Å². The Labute approximate surface area is 96.2 Å². The summed E-state index contributed by atoms with van der Waals surface area (Å²) in [4.78, 5) is 0. The molecule has 1 rings (SSSR count). The van der Waals surface area contributed by atoms with Crippen LogP contribution in [0.3, 0.4) is 0 Å². The molecule has 1 saturated carbocycles. The van der Waals surface area contributed by atoms with E-state index in [1.54, 1.807) is 0 Å². The lowest BCUT2D eigenvalue weighted by molar-refractivity contribution is 0.168. The normalized spacial score (nSPS) is 31.9. The molecule has 0 saturated heterocycles. The molecule has 0 aromatic heterocycles. The molecule has 0 N–H and O–H groups in total. The monoisotopic (exact) mass is 208 g/mol. The first-order chi connectivity index (χ1) is 7.13. The maximum absolute atomic E-state index is 3.82. The van der Waals surface area contributed by atoms with E-state index in [2.05, 4.69) is 33.4 Å². The Morgan fingerprint density at radius 2 is 2.07 bits per heavy atom. The minimum atomic E-state index is 0.881. The molecule has 0 nitrogen and oxygen atoms in total. The van der Waals surface area contributed by atoms with Crippen molar-refractivity contribution < 1.29 is 0 Å². The fraction of sp³-hybridized carbons (Fsp3) is 0.867. The van der Waals surface area contributed by atoms with Gasteiger partial charge in [0.25, 0.3) is 0 Å². The maximum atomic E-state index is 3.82. The zero-order valence-electron chi connectivity index (χ0n) is 10.8. The molecule has 1 aliphatic carbocycles. The van der Waals surface area contributed by atoms with Gasteiger partial charge >= 0.3 is 0 Å². The van der Waals surface area contributed by atoms with E-state index in [0.29, 0.717) is 0 Å². The molecule has 1 aliphatic rings. The molecule has 0 amide bonds. The molecular formula is C15H28. The molecule has 0 heteroatoms. The number of rotatable bonds is 5. The summed E-state index contributed by atoms with van der Waals surface area (Å²) in [5.41, 5.74) is 0. The van der Waals surface area contributed by atoms with Gasteiger partial charge in [-0.2, -0.15) is 0 Å². The average molecular weight is 208 g/mol. The second-order valence-electron chi connectivity index (χ2n) is 5.91. The lowest BCUT2D eigenvalue weighted by Gasteiger charge is -2.35. The first-order valence-electron chi connectivity index (χ1n) is 6.74. The second kappa shape index (κ2) is 6.35. The van der Waals surface area contributed by atoms with Crippen LogP contribution in [0.2, 0.25) is 0 Å². The van der Waals surface area contributed by atoms with Gasteiger partial charge in [-0.3, -0.25) is 0 Å². The Hall–Kier alpha value is -0.260. The van der Waals surface area contributed by atoms with Gasteiger partial charge in [-0.05, 0) is 55.8 Å². The van der Waals surface area contributed by atoms with E-state index >= 15 is 0 Å². The average Bonchev–Trinajstić information content (AvgIpc) is 2.15. The first kappa shape index (κ1) is 12.8. The summed E-state index contributed by atoms with van der Waals surface area (Å²) in [7, 11) is 0. The molecule has 15 heavy (non-hydrogen) atoms. The van der Waals surface area contributed by atoms with Gasteiger partial charge in [-0.15, -0.1) is 6.58 Å². The SMILES string of the molecule is C=CCCC1CCC(CC(C)C)CC1C. The van der Waals surface area contributed by atoms with Crippen molar-refractivity contribution in [2.45, 2.75) is 59.3 Å². The summed E-state index contributed by atoms with van der Waals surface area (Å²) in [5.74, 6) is 3.82. The highest BCUT2D eigenvalue weighted by molar-refractivity contribution is 4.80. The summed E-state index contributed by atoms with van der Waals surface area (Å²) in [6, 6.07) is 0. The Balaban J connectivity index is 2.30. The van der Waals surface area contributed by atoms with Crippen molar-refractivity contribution >= 4 is 0 Å². The maximum Gasteiger partial charge on any atom is -0.0351 e. The molecule has 0 radical (unpaired) electrons. The zero-order valence-corrected chi connectivity index (χ0v) is 10.8. The number of hydrogen-bond donors (Lipinski definition) is 0. The molecule has 88 valence electrons. The van der Waals surface area contributed by atoms with Crippen molar-refractivity contribution in [1.29, 1.82) is 0 Å². The standard InChI is InChI=1S/C15H28/c1-5-6-7-15-9-8-14(10-12(2)3)11-13(15)4/h5,12-15H,1,6-11H2,2-4H3. The molecule has 1 fully saturated rings. The molecular weight excluding hydrogens is 180 g/mol. The van der Waals surface area contributed by atoms with Crippen molar-refractivity contribution in [1.82, 2.24) is 0 Å². The zero-order chi connectivity index (χ0) is 11.3.